The first-order valence-corrected chi connectivity index (χ1v) is 7.66. The topological polar surface area (TPSA) is 71.5 Å². The number of aromatic amines is 1. The number of H-pyrrole nitrogens is 1. The van der Waals surface area contributed by atoms with Crippen LogP contribution in [0.15, 0.2) is 35.4 Å². The monoisotopic (exact) mass is 344 g/mol. The standard InChI is InChI=1S/C17H17ClN4O2/c1-10-4-6-12-13(8-10)21-17(20-12)22-19-9-11-5-7-14(23-2)16(24-3)15(11)18/h4-9H,1-3H3,(H2,20,21,22)/b19-9-. The van der Waals surface area contributed by atoms with Crippen molar-refractivity contribution in [2.24, 2.45) is 5.10 Å². The summed E-state index contributed by atoms with van der Waals surface area (Å²) in [7, 11) is 3.10. The Kier molecular flexibility index (Phi) is 4.57. The van der Waals surface area contributed by atoms with Crippen molar-refractivity contribution < 1.29 is 9.47 Å². The molecule has 2 N–H and O–H groups in total. The van der Waals surface area contributed by atoms with Crippen molar-refractivity contribution in [2.75, 3.05) is 19.6 Å². The number of nitrogens with zero attached hydrogens (tertiary/aromatic N) is 2. The molecule has 0 amide bonds. The van der Waals surface area contributed by atoms with E-state index < -0.39 is 0 Å². The maximum Gasteiger partial charge on any atom is 0.222 e. The SMILES string of the molecule is COc1ccc(/C=N\Nc2nc3ccc(C)cc3[nH]2)c(Cl)c1OC. The minimum absolute atomic E-state index is 0.433. The normalized spacial score (nSPS) is 11.2. The van der Waals surface area contributed by atoms with Gasteiger partial charge in [-0.1, -0.05) is 17.7 Å². The molecule has 0 fully saturated rings. The van der Waals surface area contributed by atoms with E-state index >= 15 is 0 Å². The number of hydrogen-bond acceptors (Lipinski definition) is 5. The minimum Gasteiger partial charge on any atom is -0.493 e. The first-order chi connectivity index (χ1) is 11.6. The average Bonchev–Trinajstić information content (AvgIpc) is 2.97. The van der Waals surface area contributed by atoms with Crippen LogP contribution in [-0.2, 0) is 0 Å². The lowest BCUT2D eigenvalue weighted by atomic mass is 10.2. The second-order valence-corrected chi connectivity index (χ2v) is 5.56. The van der Waals surface area contributed by atoms with E-state index in [2.05, 4.69) is 20.5 Å². The molecular weight excluding hydrogens is 328 g/mol. The molecule has 7 heteroatoms. The van der Waals surface area contributed by atoms with E-state index in [1.54, 1.807) is 32.6 Å². The third-order valence-corrected chi connectivity index (χ3v) is 3.92. The molecule has 0 unspecified atom stereocenters. The van der Waals surface area contributed by atoms with E-state index in [1.165, 1.54) is 5.56 Å². The second kappa shape index (κ2) is 6.80. The van der Waals surface area contributed by atoms with Gasteiger partial charge in [-0.05, 0) is 36.8 Å². The highest BCUT2D eigenvalue weighted by atomic mass is 35.5. The Labute approximate surface area is 144 Å². The molecule has 1 aromatic heterocycles. The van der Waals surface area contributed by atoms with Crippen LogP contribution in [0.4, 0.5) is 5.95 Å². The molecular formula is C17H17ClN4O2. The molecule has 0 radical (unpaired) electrons. The fourth-order valence-corrected chi connectivity index (χ4v) is 2.63. The molecule has 2 aromatic carbocycles. The molecule has 24 heavy (non-hydrogen) atoms. The Hall–Kier alpha value is -2.73. The van der Waals surface area contributed by atoms with E-state index in [0.717, 1.165) is 11.0 Å². The predicted molar refractivity (Wildman–Crippen MR) is 96.6 cm³/mol. The molecule has 6 nitrogen and oxygen atoms in total. The molecule has 0 bridgehead atoms. The van der Waals surface area contributed by atoms with Crippen LogP contribution in [0.3, 0.4) is 0 Å². The summed E-state index contributed by atoms with van der Waals surface area (Å²) >= 11 is 6.31. The molecule has 1 heterocycles. The van der Waals surface area contributed by atoms with Crippen molar-refractivity contribution in [3.05, 3.63) is 46.5 Å². The highest BCUT2D eigenvalue weighted by Crippen LogP contribution is 2.36. The first-order valence-electron chi connectivity index (χ1n) is 7.28. The third-order valence-electron chi connectivity index (χ3n) is 3.53. The second-order valence-electron chi connectivity index (χ2n) is 5.18. The number of benzene rings is 2. The van der Waals surface area contributed by atoms with Gasteiger partial charge in [0.2, 0.25) is 5.95 Å². The molecule has 124 valence electrons. The molecule has 3 aromatic rings. The zero-order valence-electron chi connectivity index (χ0n) is 13.6. The summed E-state index contributed by atoms with van der Waals surface area (Å²) in [4.78, 5) is 7.57. The Morgan fingerprint density at radius 1 is 1.21 bits per heavy atom. The quantitative estimate of drug-likeness (QED) is 0.542. The van der Waals surface area contributed by atoms with Gasteiger partial charge in [0, 0.05) is 5.56 Å². The Morgan fingerprint density at radius 3 is 2.79 bits per heavy atom. The molecule has 0 spiro atoms. The number of imidazole rings is 1. The largest absolute Gasteiger partial charge is 0.493 e. The van der Waals surface area contributed by atoms with Gasteiger partial charge in [0.1, 0.15) is 0 Å². The molecule has 0 atom stereocenters. The van der Waals surface area contributed by atoms with Crippen molar-refractivity contribution in [1.29, 1.82) is 0 Å². The predicted octanol–water partition coefficient (Wildman–Crippen LogP) is 3.99. The average molecular weight is 345 g/mol. The lowest BCUT2D eigenvalue weighted by Crippen LogP contribution is -1.96. The number of hydrazone groups is 1. The summed E-state index contributed by atoms with van der Waals surface area (Å²) in [5, 5.41) is 4.60. The van der Waals surface area contributed by atoms with Gasteiger partial charge in [0.15, 0.2) is 11.5 Å². The van der Waals surface area contributed by atoms with Gasteiger partial charge < -0.3 is 14.5 Å². The summed E-state index contributed by atoms with van der Waals surface area (Å²) < 4.78 is 10.5. The van der Waals surface area contributed by atoms with Crippen molar-refractivity contribution in [1.82, 2.24) is 9.97 Å². The molecule has 0 saturated carbocycles. The van der Waals surface area contributed by atoms with Crippen molar-refractivity contribution >= 4 is 34.8 Å². The number of anilines is 1. The third kappa shape index (κ3) is 3.14. The van der Waals surface area contributed by atoms with E-state index in [-0.39, 0.29) is 0 Å². The fourth-order valence-electron chi connectivity index (χ4n) is 2.34. The molecule has 0 aliphatic rings. The van der Waals surface area contributed by atoms with Gasteiger partial charge >= 0.3 is 0 Å². The van der Waals surface area contributed by atoms with Crippen molar-refractivity contribution in [2.45, 2.75) is 6.92 Å². The molecule has 0 saturated heterocycles. The van der Waals surface area contributed by atoms with Gasteiger partial charge in [0.25, 0.3) is 0 Å². The number of methoxy groups -OCH3 is 2. The zero-order chi connectivity index (χ0) is 17.1. The fraction of sp³-hybridized carbons (Fsp3) is 0.176. The van der Waals surface area contributed by atoms with E-state index in [0.29, 0.717) is 28.0 Å². The maximum atomic E-state index is 6.31. The zero-order valence-corrected chi connectivity index (χ0v) is 14.3. The highest BCUT2D eigenvalue weighted by molar-refractivity contribution is 6.34. The van der Waals surface area contributed by atoms with Crippen LogP contribution < -0.4 is 14.9 Å². The van der Waals surface area contributed by atoms with Gasteiger partial charge in [-0.25, -0.2) is 10.4 Å². The van der Waals surface area contributed by atoms with Crippen LogP contribution in [-0.4, -0.2) is 30.4 Å². The number of fused-ring (bicyclic) bond motifs is 1. The number of rotatable bonds is 5. The van der Waals surface area contributed by atoms with Crippen molar-refractivity contribution in [3.63, 3.8) is 0 Å². The lowest BCUT2D eigenvalue weighted by Gasteiger charge is -2.10. The van der Waals surface area contributed by atoms with Crippen molar-refractivity contribution in [3.8, 4) is 11.5 Å². The maximum absolute atomic E-state index is 6.31. The molecule has 0 aliphatic carbocycles. The lowest BCUT2D eigenvalue weighted by molar-refractivity contribution is 0.355. The van der Waals surface area contributed by atoms with E-state index in [4.69, 9.17) is 21.1 Å². The van der Waals surface area contributed by atoms with Crippen LogP contribution in [0.5, 0.6) is 11.5 Å². The number of hydrogen-bond donors (Lipinski definition) is 2. The summed E-state index contributed by atoms with van der Waals surface area (Å²) in [6.45, 7) is 2.03. The summed E-state index contributed by atoms with van der Waals surface area (Å²) in [5.41, 5.74) is 6.57. The van der Waals surface area contributed by atoms with Crippen LogP contribution in [0.25, 0.3) is 11.0 Å². The van der Waals surface area contributed by atoms with Gasteiger partial charge in [-0.3, -0.25) is 0 Å². The number of nitrogens with one attached hydrogen (secondary N) is 2. The number of aryl methyl sites for hydroxylation is 1. The number of aromatic nitrogens is 2. The molecule has 0 aliphatic heterocycles. The Bertz CT molecular complexity index is 905. The highest BCUT2D eigenvalue weighted by Gasteiger charge is 2.11. The summed E-state index contributed by atoms with van der Waals surface area (Å²) in [6, 6.07) is 9.58. The van der Waals surface area contributed by atoms with E-state index in [1.807, 2.05) is 25.1 Å². The number of halogens is 1. The van der Waals surface area contributed by atoms with Crippen LogP contribution in [0, 0.1) is 6.92 Å². The minimum atomic E-state index is 0.433. The van der Waals surface area contributed by atoms with Crippen LogP contribution in [0.2, 0.25) is 5.02 Å². The smallest absolute Gasteiger partial charge is 0.222 e. The Balaban J connectivity index is 1.80. The van der Waals surface area contributed by atoms with Crippen LogP contribution in [0.1, 0.15) is 11.1 Å². The molecule has 3 rings (SSSR count). The van der Waals surface area contributed by atoms with E-state index in [9.17, 15) is 0 Å². The van der Waals surface area contributed by atoms with Gasteiger partial charge in [-0.2, -0.15) is 5.10 Å². The summed E-state index contributed by atoms with van der Waals surface area (Å²) in [6.07, 6.45) is 1.60. The summed E-state index contributed by atoms with van der Waals surface area (Å²) in [5.74, 6) is 1.60. The Morgan fingerprint density at radius 2 is 2.04 bits per heavy atom. The van der Waals surface area contributed by atoms with Gasteiger partial charge in [-0.15, -0.1) is 0 Å². The van der Waals surface area contributed by atoms with Crippen LogP contribution >= 0.6 is 11.6 Å². The van der Waals surface area contributed by atoms with Gasteiger partial charge in [0.05, 0.1) is 36.5 Å². The number of ether oxygens (including phenoxy) is 2. The first kappa shape index (κ1) is 16.1.